The molecule has 0 saturated carbocycles. The predicted molar refractivity (Wildman–Crippen MR) is 134 cm³/mol. The fourth-order valence-electron chi connectivity index (χ4n) is 3.53. The first-order chi connectivity index (χ1) is 16.4. The number of fused-ring (bicyclic) bond motifs is 1. The van der Waals surface area contributed by atoms with Crippen LogP contribution in [0.4, 0.5) is 5.69 Å². The minimum Gasteiger partial charge on any atom is -0.496 e. The standard InChI is InChI=1S/C25H23N3O5S/c1-14-6-5-7-17(22(14)32-4)23(29)28-25(34)26-16-9-11-19-18(13-16)27-24(33-19)15-8-10-20(30-2)21(12-15)31-3/h5-13H,1-4H3,(H2,26,28,29,34). The van der Waals surface area contributed by atoms with Gasteiger partial charge in [-0.1, -0.05) is 12.1 Å². The number of aryl methyl sites for hydroxylation is 1. The van der Waals surface area contributed by atoms with Crippen LogP contribution in [0.5, 0.6) is 17.2 Å². The molecular formula is C25H23N3O5S. The summed E-state index contributed by atoms with van der Waals surface area (Å²) >= 11 is 5.33. The molecule has 0 saturated heterocycles. The quantitative estimate of drug-likeness (QED) is 0.377. The average Bonchev–Trinajstić information content (AvgIpc) is 3.26. The van der Waals surface area contributed by atoms with E-state index in [-0.39, 0.29) is 11.0 Å². The van der Waals surface area contributed by atoms with Crippen LogP contribution in [0.2, 0.25) is 0 Å². The Bertz CT molecular complexity index is 1380. The Kier molecular flexibility index (Phi) is 6.65. The first-order valence-corrected chi connectivity index (χ1v) is 10.7. The predicted octanol–water partition coefficient (Wildman–Crippen LogP) is 4.96. The number of rotatable bonds is 6. The molecular weight excluding hydrogens is 454 g/mol. The molecule has 2 N–H and O–H groups in total. The van der Waals surface area contributed by atoms with Gasteiger partial charge < -0.3 is 23.9 Å². The van der Waals surface area contributed by atoms with Gasteiger partial charge in [-0.2, -0.15) is 0 Å². The zero-order valence-corrected chi connectivity index (χ0v) is 19.9. The third-order valence-electron chi connectivity index (χ3n) is 5.16. The van der Waals surface area contributed by atoms with Crippen molar-refractivity contribution >= 4 is 40.0 Å². The van der Waals surface area contributed by atoms with Crippen molar-refractivity contribution < 1.29 is 23.4 Å². The van der Waals surface area contributed by atoms with Gasteiger partial charge >= 0.3 is 0 Å². The lowest BCUT2D eigenvalue weighted by atomic mass is 10.1. The number of aromatic nitrogens is 1. The number of anilines is 1. The van der Waals surface area contributed by atoms with E-state index in [1.165, 1.54) is 7.11 Å². The van der Waals surface area contributed by atoms with Crippen molar-refractivity contribution in [2.24, 2.45) is 0 Å². The molecule has 0 aliphatic rings. The number of nitrogens with one attached hydrogen (secondary N) is 2. The maximum Gasteiger partial charge on any atom is 0.261 e. The van der Waals surface area contributed by atoms with E-state index in [1.54, 1.807) is 56.7 Å². The normalized spacial score (nSPS) is 10.6. The van der Waals surface area contributed by atoms with Gasteiger partial charge in [-0.25, -0.2) is 4.98 Å². The van der Waals surface area contributed by atoms with Crippen molar-refractivity contribution in [1.29, 1.82) is 0 Å². The molecule has 0 radical (unpaired) electrons. The number of carbonyl (C=O) groups excluding carboxylic acids is 1. The largest absolute Gasteiger partial charge is 0.496 e. The number of methoxy groups -OCH3 is 3. The van der Waals surface area contributed by atoms with Crippen LogP contribution in [-0.2, 0) is 0 Å². The summed E-state index contributed by atoms with van der Waals surface area (Å²) in [5, 5.41) is 5.84. The Morgan fingerprint density at radius 1 is 0.971 bits per heavy atom. The van der Waals surface area contributed by atoms with Crippen LogP contribution in [0.1, 0.15) is 15.9 Å². The molecule has 0 atom stereocenters. The van der Waals surface area contributed by atoms with E-state index < -0.39 is 0 Å². The van der Waals surface area contributed by atoms with E-state index in [0.717, 1.165) is 11.1 Å². The smallest absolute Gasteiger partial charge is 0.261 e. The molecule has 0 fully saturated rings. The van der Waals surface area contributed by atoms with Crippen LogP contribution in [0.15, 0.2) is 59.0 Å². The number of amides is 1. The van der Waals surface area contributed by atoms with Crippen LogP contribution in [-0.4, -0.2) is 37.3 Å². The Morgan fingerprint density at radius 2 is 1.76 bits per heavy atom. The van der Waals surface area contributed by atoms with Crippen LogP contribution in [0.25, 0.3) is 22.6 Å². The Hall–Kier alpha value is -4.11. The maximum atomic E-state index is 12.7. The molecule has 1 heterocycles. The molecule has 3 aromatic carbocycles. The number of benzene rings is 3. The van der Waals surface area contributed by atoms with Crippen molar-refractivity contribution in [3.63, 3.8) is 0 Å². The third kappa shape index (κ3) is 4.65. The van der Waals surface area contributed by atoms with Crippen molar-refractivity contribution in [3.05, 3.63) is 65.7 Å². The van der Waals surface area contributed by atoms with Gasteiger partial charge in [0.25, 0.3) is 5.91 Å². The summed E-state index contributed by atoms with van der Waals surface area (Å²) in [7, 11) is 4.68. The van der Waals surface area contributed by atoms with E-state index in [9.17, 15) is 4.79 Å². The number of ether oxygens (including phenoxy) is 3. The molecule has 4 rings (SSSR count). The summed E-state index contributed by atoms with van der Waals surface area (Å²) in [6.45, 7) is 1.87. The van der Waals surface area contributed by atoms with E-state index in [1.807, 2.05) is 19.1 Å². The number of thiocarbonyl (C=S) groups is 1. The van der Waals surface area contributed by atoms with Gasteiger partial charge in [-0.15, -0.1) is 0 Å². The molecule has 0 spiro atoms. The molecule has 9 heteroatoms. The van der Waals surface area contributed by atoms with Crippen LogP contribution < -0.4 is 24.8 Å². The average molecular weight is 478 g/mol. The second-order valence-electron chi connectivity index (χ2n) is 7.34. The van der Waals surface area contributed by atoms with Gasteiger partial charge in [0.15, 0.2) is 22.2 Å². The number of para-hydroxylation sites is 1. The zero-order valence-electron chi connectivity index (χ0n) is 19.1. The lowest BCUT2D eigenvalue weighted by molar-refractivity contribution is 0.0974. The highest BCUT2D eigenvalue weighted by Gasteiger charge is 2.16. The lowest BCUT2D eigenvalue weighted by Crippen LogP contribution is -2.34. The Balaban J connectivity index is 1.51. The van der Waals surface area contributed by atoms with Crippen LogP contribution >= 0.6 is 12.2 Å². The van der Waals surface area contributed by atoms with E-state index >= 15 is 0 Å². The number of hydrogen-bond donors (Lipinski definition) is 2. The highest BCUT2D eigenvalue weighted by atomic mass is 32.1. The fourth-order valence-corrected chi connectivity index (χ4v) is 3.74. The summed E-state index contributed by atoms with van der Waals surface area (Å²) in [6.07, 6.45) is 0. The minimum atomic E-state index is -0.365. The number of oxazole rings is 1. The molecule has 34 heavy (non-hydrogen) atoms. The molecule has 0 bridgehead atoms. The van der Waals surface area contributed by atoms with Gasteiger partial charge in [0.2, 0.25) is 5.89 Å². The van der Waals surface area contributed by atoms with Crippen molar-refractivity contribution in [1.82, 2.24) is 10.3 Å². The highest BCUT2D eigenvalue weighted by Crippen LogP contribution is 2.33. The fraction of sp³-hybridized carbons (Fsp3) is 0.160. The summed E-state index contributed by atoms with van der Waals surface area (Å²) in [5.74, 6) is 1.78. The number of hydrogen-bond acceptors (Lipinski definition) is 7. The number of carbonyl (C=O) groups is 1. The van der Waals surface area contributed by atoms with Crippen molar-refractivity contribution in [2.75, 3.05) is 26.6 Å². The summed E-state index contributed by atoms with van der Waals surface area (Å²) in [6, 6.07) is 16.1. The van der Waals surface area contributed by atoms with Crippen LogP contribution in [0, 0.1) is 6.92 Å². The minimum absolute atomic E-state index is 0.150. The second-order valence-corrected chi connectivity index (χ2v) is 7.74. The van der Waals surface area contributed by atoms with E-state index in [2.05, 4.69) is 15.6 Å². The molecule has 0 aliphatic heterocycles. The molecule has 1 aromatic heterocycles. The molecule has 0 aliphatic carbocycles. The van der Waals surface area contributed by atoms with Crippen molar-refractivity contribution in [2.45, 2.75) is 6.92 Å². The van der Waals surface area contributed by atoms with Gasteiger partial charge in [0, 0.05) is 11.3 Å². The zero-order chi connectivity index (χ0) is 24.2. The van der Waals surface area contributed by atoms with Crippen LogP contribution in [0.3, 0.4) is 0 Å². The maximum absolute atomic E-state index is 12.7. The molecule has 1 amide bonds. The lowest BCUT2D eigenvalue weighted by Gasteiger charge is -2.13. The summed E-state index contributed by atoms with van der Waals surface area (Å²) < 4.78 is 21.9. The third-order valence-corrected chi connectivity index (χ3v) is 5.37. The van der Waals surface area contributed by atoms with Crippen molar-refractivity contribution in [3.8, 4) is 28.7 Å². The molecule has 174 valence electrons. The number of nitrogens with zero attached hydrogens (tertiary/aromatic N) is 1. The van der Waals surface area contributed by atoms with Gasteiger partial charge in [0.05, 0.1) is 26.9 Å². The summed E-state index contributed by atoms with van der Waals surface area (Å²) in [5.41, 5.74) is 3.90. The van der Waals surface area contributed by atoms with E-state index in [0.29, 0.717) is 45.5 Å². The molecule has 4 aromatic rings. The Morgan fingerprint density at radius 3 is 2.50 bits per heavy atom. The first kappa shape index (κ1) is 23.1. The first-order valence-electron chi connectivity index (χ1n) is 10.3. The van der Waals surface area contributed by atoms with Gasteiger partial charge in [0.1, 0.15) is 11.3 Å². The SMILES string of the molecule is COc1ccc(-c2nc3cc(NC(=S)NC(=O)c4cccc(C)c4OC)ccc3o2)cc1OC. The van der Waals surface area contributed by atoms with Gasteiger partial charge in [-0.05, 0) is 67.2 Å². The second kappa shape index (κ2) is 9.80. The monoisotopic (exact) mass is 477 g/mol. The van der Waals surface area contributed by atoms with E-state index in [4.69, 9.17) is 30.8 Å². The topological polar surface area (TPSA) is 94.9 Å². The Labute approximate surface area is 201 Å². The molecule has 0 unspecified atom stereocenters. The van der Waals surface area contributed by atoms with Gasteiger partial charge in [-0.3, -0.25) is 10.1 Å². The molecule has 8 nitrogen and oxygen atoms in total. The highest BCUT2D eigenvalue weighted by molar-refractivity contribution is 7.80. The summed E-state index contributed by atoms with van der Waals surface area (Å²) in [4.78, 5) is 17.3.